The molecule has 3 aromatic rings. The summed E-state index contributed by atoms with van der Waals surface area (Å²) in [5, 5.41) is 2.04. The number of fused-ring (bicyclic) bond motifs is 1. The maximum Gasteiger partial charge on any atom is 0.0851 e. The molecular formula is C16H16ClN2+. The number of para-hydroxylation sites is 1. The summed E-state index contributed by atoms with van der Waals surface area (Å²) in [6.07, 6.45) is 2.09. The smallest absolute Gasteiger partial charge is 0.0851 e. The van der Waals surface area contributed by atoms with Gasteiger partial charge in [0.1, 0.15) is 0 Å². The first-order chi connectivity index (χ1) is 9.29. The van der Waals surface area contributed by atoms with Crippen molar-refractivity contribution in [3.05, 3.63) is 70.9 Å². The Labute approximate surface area is 117 Å². The molecule has 0 aliphatic heterocycles. The Morgan fingerprint density at radius 2 is 1.79 bits per heavy atom. The lowest BCUT2D eigenvalue weighted by molar-refractivity contribution is -0.370. The van der Waals surface area contributed by atoms with E-state index in [1.807, 2.05) is 18.2 Å². The Hall–Kier alpha value is -1.77. The maximum atomic E-state index is 5.96. The third kappa shape index (κ3) is 2.25. The van der Waals surface area contributed by atoms with Crippen LogP contribution in [0, 0.1) is 0 Å². The van der Waals surface area contributed by atoms with E-state index >= 15 is 0 Å². The van der Waals surface area contributed by atoms with Gasteiger partial charge >= 0.3 is 0 Å². The molecular weight excluding hydrogens is 256 g/mol. The van der Waals surface area contributed by atoms with E-state index in [9.17, 15) is 0 Å². The number of halogens is 1. The molecule has 0 aliphatic carbocycles. The van der Waals surface area contributed by atoms with Gasteiger partial charge < -0.3 is 10.7 Å². The van der Waals surface area contributed by atoms with Crippen molar-refractivity contribution in [2.45, 2.75) is 5.92 Å². The molecule has 2 nitrogen and oxygen atoms in total. The number of benzene rings is 2. The fraction of sp³-hybridized carbons (Fsp3) is 0.125. The van der Waals surface area contributed by atoms with E-state index in [0.717, 1.165) is 11.6 Å². The number of hydrogen-bond acceptors (Lipinski definition) is 0. The van der Waals surface area contributed by atoms with Crippen molar-refractivity contribution >= 4 is 22.5 Å². The van der Waals surface area contributed by atoms with E-state index in [4.69, 9.17) is 11.6 Å². The zero-order valence-corrected chi connectivity index (χ0v) is 11.3. The molecule has 0 saturated carbocycles. The fourth-order valence-corrected chi connectivity index (χ4v) is 2.71. The highest BCUT2D eigenvalue weighted by molar-refractivity contribution is 6.30. The first-order valence-corrected chi connectivity index (χ1v) is 6.78. The fourth-order valence-electron chi connectivity index (χ4n) is 2.58. The summed E-state index contributed by atoms with van der Waals surface area (Å²) in [6.45, 7) is 0.823. The summed E-state index contributed by atoms with van der Waals surface area (Å²) in [7, 11) is 0. The van der Waals surface area contributed by atoms with Crippen LogP contribution >= 0.6 is 11.6 Å². The zero-order valence-electron chi connectivity index (χ0n) is 10.6. The number of hydrogen-bond donors (Lipinski definition) is 2. The van der Waals surface area contributed by atoms with E-state index in [2.05, 4.69) is 47.2 Å². The molecule has 1 aromatic heterocycles. The molecule has 19 heavy (non-hydrogen) atoms. The number of nitrogens with one attached hydrogen (secondary N) is 1. The van der Waals surface area contributed by atoms with Crippen molar-refractivity contribution in [3.8, 4) is 0 Å². The average Bonchev–Trinajstić information content (AvgIpc) is 2.86. The van der Waals surface area contributed by atoms with Crippen molar-refractivity contribution in [2.75, 3.05) is 6.54 Å². The lowest BCUT2D eigenvalue weighted by Crippen LogP contribution is -2.53. The average molecular weight is 272 g/mol. The lowest BCUT2D eigenvalue weighted by Gasteiger charge is -2.13. The Morgan fingerprint density at radius 3 is 2.53 bits per heavy atom. The first-order valence-electron chi connectivity index (χ1n) is 6.40. The van der Waals surface area contributed by atoms with Gasteiger partial charge in [0.25, 0.3) is 0 Å². The molecule has 0 spiro atoms. The Kier molecular flexibility index (Phi) is 3.28. The first kappa shape index (κ1) is 12.3. The van der Waals surface area contributed by atoms with Gasteiger partial charge in [-0.3, -0.25) is 0 Å². The second-order valence-corrected chi connectivity index (χ2v) is 5.12. The molecule has 0 amide bonds. The lowest BCUT2D eigenvalue weighted by atomic mass is 9.91. The van der Waals surface area contributed by atoms with Crippen LogP contribution in [0.5, 0.6) is 0 Å². The van der Waals surface area contributed by atoms with Crippen molar-refractivity contribution < 1.29 is 5.73 Å². The van der Waals surface area contributed by atoms with E-state index < -0.39 is 0 Å². The normalized spacial score (nSPS) is 12.7. The summed E-state index contributed by atoms with van der Waals surface area (Å²) < 4.78 is 0. The zero-order chi connectivity index (χ0) is 13.2. The molecule has 0 bridgehead atoms. The standard InChI is InChI=1S/C16H15ClN2/c17-12-7-5-11(6-8-12)14(9-18)15-10-19-16-4-2-1-3-13(15)16/h1-8,10,14,19H,9,18H2/p+1/t14-/m0/s1. The third-order valence-corrected chi connectivity index (χ3v) is 3.81. The van der Waals surface area contributed by atoms with Crippen molar-refractivity contribution in [2.24, 2.45) is 0 Å². The van der Waals surface area contributed by atoms with E-state index in [0.29, 0.717) is 5.92 Å². The molecule has 1 atom stereocenters. The topological polar surface area (TPSA) is 43.4 Å². The SMILES string of the molecule is [NH3+]C[C@@H](c1ccc(Cl)cc1)c1c[nH]c2ccccc12. The second kappa shape index (κ2) is 5.08. The van der Waals surface area contributed by atoms with Gasteiger partial charge in [-0.25, -0.2) is 0 Å². The summed E-state index contributed by atoms with van der Waals surface area (Å²) >= 11 is 5.96. The summed E-state index contributed by atoms with van der Waals surface area (Å²) in [5.74, 6) is 0.299. The third-order valence-electron chi connectivity index (χ3n) is 3.56. The van der Waals surface area contributed by atoms with Crippen LogP contribution in [0.15, 0.2) is 54.7 Å². The van der Waals surface area contributed by atoms with Crippen LogP contribution in [0.3, 0.4) is 0 Å². The monoisotopic (exact) mass is 271 g/mol. The summed E-state index contributed by atoms with van der Waals surface area (Å²) in [6, 6.07) is 16.4. The van der Waals surface area contributed by atoms with Crippen LogP contribution in [0.2, 0.25) is 5.02 Å². The minimum atomic E-state index is 0.299. The van der Waals surface area contributed by atoms with E-state index in [1.54, 1.807) is 0 Å². The molecule has 0 unspecified atom stereocenters. The van der Waals surface area contributed by atoms with Crippen LogP contribution in [-0.4, -0.2) is 11.5 Å². The van der Waals surface area contributed by atoms with E-state index in [1.165, 1.54) is 22.0 Å². The predicted octanol–water partition coefficient (Wildman–Crippen LogP) is 3.20. The Bertz CT molecular complexity index is 685. The molecule has 3 heteroatoms. The molecule has 2 aromatic carbocycles. The Morgan fingerprint density at radius 1 is 1.05 bits per heavy atom. The van der Waals surface area contributed by atoms with Gasteiger partial charge in [0, 0.05) is 22.1 Å². The molecule has 3 rings (SSSR count). The minimum Gasteiger partial charge on any atom is -0.361 e. The number of rotatable bonds is 3. The van der Waals surface area contributed by atoms with Crippen LogP contribution in [-0.2, 0) is 0 Å². The van der Waals surface area contributed by atoms with Crippen molar-refractivity contribution in [1.82, 2.24) is 4.98 Å². The number of aromatic amines is 1. The van der Waals surface area contributed by atoms with Gasteiger partial charge in [-0.2, -0.15) is 0 Å². The van der Waals surface area contributed by atoms with E-state index in [-0.39, 0.29) is 0 Å². The number of H-pyrrole nitrogens is 1. The number of aromatic nitrogens is 1. The minimum absolute atomic E-state index is 0.299. The van der Waals surface area contributed by atoms with Crippen molar-refractivity contribution in [3.63, 3.8) is 0 Å². The van der Waals surface area contributed by atoms with Gasteiger partial charge in [0.15, 0.2) is 0 Å². The van der Waals surface area contributed by atoms with Crippen LogP contribution < -0.4 is 5.73 Å². The van der Waals surface area contributed by atoms with Crippen LogP contribution in [0.4, 0.5) is 0 Å². The molecule has 0 fully saturated rings. The molecule has 1 heterocycles. The summed E-state index contributed by atoms with van der Waals surface area (Å²) in [4.78, 5) is 3.33. The molecule has 0 aliphatic rings. The highest BCUT2D eigenvalue weighted by Crippen LogP contribution is 2.30. The maximum absolute atomic E-state index is 5.96. The molecule has 0 saturated heterocycles. The van der Waals surface area contributed by atoms with Gasteiger partial charge in [-0.1, -0.05) is 41.9 Å². The van der Waals surface area contributed by atoms with Crippen LogP contribution in [0.25, 0.3) is 10.9 Å². The molecule has 4 N–H and O–H groups in total. The molecule has 0 radical (unpaired) electrons. The van der Waals surface area contributed by atoms with Gasteiger partial charge in [-0.05, 0) is 29.3 Å². The largest absolute Gasteiger partial charge is 0.361 e. The van der Waals surface area contributed by atoms with Crippen molar-refractivity contribution in [1.29, 1.82) is 0 Å². The predicted molar refractivity (Wildman–Crippen MR) is 79.3 cm³/mol. The van der Waals surface area contributed by atoms with Crippen LogP contribution in [0.1, 0.15) is 17.0 Å². The Balaban J connectivity index is 2.09. The van der Waals surface area contributed by atoms with Gasteiger partial charge in [-0.15, -0.1) is 0 Å². The summed E-state index contributed by atoms with van der Waals surface area (Å²) in [5.41, 5.74) is 7.82. The highest BCUT2D eigenvalue weighted by atomic mass is 35.5. The second-order valence-electron chi connectivity index (χ2n) is 4.68. The molecule has 96 valence electrons. The quantitative estimate of drug-likeness (QED) is 0.735. The highest BCUT2D eigenvalue weighted by Gasteiger charge is 2.18. The van der Waals surface area contributed by atoms with Gasteiger partial charge in [0.2, 0.25) is 0 Å². The van der Waals surface area contributed by atoms with Gasteiger partial charge in [0.05, 0.1) is 12.5 Å². The number of quaternary nitrogens is 1.